The Labute approximate surface area is 125 Å². The molecule has 0 amide bonds. The molecule has 1 aromatic carbocycles. The Morgan fingerprint density at radius 2 is 2.00 bits per heavy atom. The van der Waals surface area contributed by atoms with E-state index in [-0.39, 0.29) is 11.6 Å². The van der Waals surface area contributed by atoms with E-state index in [4.69, 9.17) is 5.73 Å². The smallest absolute Gasteiger partial charge is 0.255 e. The average molecular weight is 282 g/mol. The fraction of sp³-hybridized carbons (Fsp3) is 0.389. The molecule has 110 valence electrons. The van der Waals surface area contributed by atoms with Gasteiger partial charge in [-0.3, -0.25) is 4.79 Å². The lowest BCUT2D eigenvalue weighted by molar-refractivity contribution is 0.612. The minimum atomic E-state index is -0.340. The van der Waals surface area contributed by atoms with Crippen LogP contribution in [0, 0.1) is 0 Å². The summed E-state index contributed by atoms with van der Waals surface area (Å²) in [4.78, 5) is 12.8. The molecule has 0 spiro atoms. The standard InChI is InChI=1S/C18H22N2O/c1-2-11-20-16-10-6-9-14(16)12-15(18(20)21)17(19)13-7-4-3-5-8-13/h3-5,7-8,12,17H,2,6,9-11,19H2,1H3. The molecule has 0 bridgehead atoms. The lowest BCUT2D eigenvalue weighted by Crippen LogP contribution is -2.31. The highest BCUT2D eigenvalue weighted by Crippen LogP contribution is 2.25. The van der Waals surface area contributed by atoms with Gasteiger partial charge in [0.25, 0.3) is 5.56 Å². The van der Waals surface area contributed by atoms with Gasteiger partial charge >= 0.3 is 0 Å². The molecule has 1 heterocycles. The molecular weight excluding hydrogens is 260 g/mol. The largest absolute Gasteiger partial charge is 0.320 e. The van der Waals surface area contributed by atoms with Crippen LogP contribution in [0.15, 0.2) is 41.2 Å². The zero-order chi connectivity index (χ0) is 14.8. The first kappa shape index (κ1) is 14.1. The van der Waals surface area contributed by atoms with Crippen molar-refractivity contribution in [3.63, 3.8) is 0 Å². The summed E-state index contributed by atoms with van der Waals surface area (Å²) < 4.78 is 1.96. The van der Waals surface area contributed by atoms with Gasteiger partial charge in [-0.15, -0.1) is 0 Å². The van der Waals surface area contributed by atoms with Crippen molar-refractivity contribution in [3.8, 4) is 0 Å². The highest BCUT2D eigenvalue weighted by Gasteiger charge is 2.22. The molecule has 0 radical (unpaired) electrons. The van der Waals surface area contributed by atoms with Crippen molar-refractivity contribution in [3.05, 3.63) is 69.1 Å². The van der Waals surface area contributed by atoms with Crippen LogP contribution in [0.2, 0.25) is 0 Å². The topological polar surface area (TPSA) is 48.0 Å². The number of aromatic nitrogens is 1. The normalized spacial score (nSPS) is 15.0. The predicted octanol–water partition coefficient (Wildman–Crippen LogP) is 2.80. The van der Waals surface area contributed by atoms with Crippen LogP contribution in [0.25, 0.3) is 0 Å². The molecule has 1 aliphatic carbocycles. The zero-order valence-corrected chi connectivity index (χ0v) is 12.5. The third-order valence-corrected chi connectivity index (χ3v) is 4.32. The summed E-state index contributed by atoms with van der Waals surface area (Å²) in [5.41, 5.74) is 10.7. The number of hydrogen-bond donors (Lipinski definition) is 1. The van der Waals surface area contributed by atoms with Crippen LogP contribution in [0.5, 0.6) is 0 Å². The average Bonchev–Trinajstić information content (AvgIpc) is 2.98. The number of nitrogens with two attached hydrogens (primary N) is 1. The van der Waals surface area contributed by atoms with E-state index >= 15 is 0 Å². The summed E-state index contributed by atoms with van der Waals surface area (Å²) in [6.07, 6.45) is 4.19. The lowest BCUT2D eigenvalue weighted by Gasteiger charge is -2.18. The maximum absolute atomic E-state index is 12.8. The van der Waals surface area contributed by atoms with Gasteiger partial charge in [0.05, 0.1) is 6.04 Å². The molecular formula is C18H22N2O. The SMILES string of the molecule is CCCn1c2c(cc(C(N)c3ccccc3)c1=O)CCC2. The van der Waals surface area contributed by atoms with Crippen LogP contribution in [-0.4, -0.2) is 4.57 Å². The van der Waals surface area contributed by atoms with Gasteiger partial charge in [-0.05, 0) is 42.9 Å². The lowest BCUT2D eigenvalue weighted by atomic mass is 9.98. The first-order valence-electron chi connectivity index (χ1n) is 7.78. The van der Waals surface area contributed by atoms with Gasteiger partial charge in [-0.25, -0.2) is 0 Å². The Bertz CT molecular complexity index is 688. The van der Waals surface area contributed by atoms with Crippen molar-refractivity contribution in [2.75, 3.05) is 0 Å². The van der Waals surface area contributed by atoms with Crippen molar-refractivity contribution in [2.24, 2.45) is 5.73 Å². The van der Waals surface area contributed by atoms with Crippen LogP contribution < -0.4 is 11.3 Å². The van der Waals surface area contributed by atoms with Gasteiger partial charge in [0.1, 0.15) is 0 Å². The molecule has 3 nitrogen and oxygen atoms in total. The molecule has 2 aromatic rings. The maximum Gasteiger partial charge on any atom is 0.255 e. The quantitative estimate of drug-likeness (QED) is 0.937. The van der Waals surface area contributed by atoms with Crippen LogP contribution in [-0.2, 0) is 19.4 Å². The molecule has 1 aromatic heterocycles. The number of aryl methyl sites for hydroxylation is 1. The van der Waals surface area contributed by atoms with Gasteiger partial charge in [-0.2, -0.15) is 0 Å². The number of benzene rings is 1. The van der Waals surface area contributed by atoms with E-state index in [1.807, 2.05) is 34.9 Å². The Morgan fingerprint density at radius 1 is 1.24 bits per heavy atom. The van der Waals surface area contributed by atoms with Gasteiger partial charge in [0.2, 0.25) is 0 Å². The van der Waals surface area contributed by atoms with E-state index in [2.05, 4.69) is 13.0 Å². The molecule has 0 fully saturated rings. The summed E-state index contributed by atoms with van der Waals surface area (Å²) in [5.74, 6) is 0. The predicted molar refractivity (Wildman–Crippen MR) is 85.5 cm³/mol. The monoisotopic (exact) mass is 282 g/mol. The molecule has 0 saturated heterocycles. The van der Waals surface area contributed by atoms with Crippen molar-refractivity contribution < 1.29 is 0 Å². The molecule has 1 aliphatic rings. The first-order valence-corrected chi connectivity index (χ1v) is 7.78. The molecule has 3 rings (SSSR count). The number of nitrogens with zero attached hydrogens (tertiary/aromatic N) is 1. The zero-order valence-electron chi connectivity index (χ0n) is 12.5. The Morgan fingerprint density at radius 3 is 2.71 bits per heavy atom. The van der Waals surface area contributed by atoms with Crippen LogP contribution in [0.4, 0.5) is 0 Å². The first-order chi connectivity index (χ1) is 10.2. The van der Waals surface area contributed by atoms with Crippen molar-refractivity contribution in [1.29, 1.82) is 0 Å². The highest BCUT2D eigenvalue weighted by atomic mass is 16.1. The van der Waals surface area contributed by atoms with Crippen molar-refractivity contribution >= 4 is 0 Å². The highest BCUT2D eigenvalue weighted by molar-refractivity contribution is 5.36. The number of hydrogen-bond acceptors (Lipinski definition) is 2. The third-order valence-electron chi connectivity index (χ3n) is 4.32. The van der Waals surface area contributed by atoms with Crippen LogP contribution in [0.3, 0.4) is 0 Å². The van der Waals surface area contributed by atoms with E-state index in [9.17, 15) is 4.79 Å². The number of rotatable bonds is 4. The molecule has 3 heteroatoms. The van der Waals surface area contributed by atoms with Gasteiger partial charge in [0.15, 0.2) is 0 Å². The van der Waals surface area contributed by atoms with Gasteiger partial charge < -0.3 is 10.3 Å². The second-order valence-electron chi connectivity index (χ2n) is 5.77. The molecule has 2 N–H and O–H groups in total. The molecule has 1 unspecified atom stereocenters. The second-order valence-corrected chi connectivity index (χ2v) is 5.77. The molecule has 1 atom stereocenters. The molecule has 0 saturated carbocycles. The molecule has 21 heavy (non-hydrogen) atoms. The molecule has 0 aliphatic heterocycles. The van der Waals surface area contributed by atoms with Gasteiger partial charge in [0, 0.05) is 17.8 Å². The van der Waals surface area contributed by atoms with Crippen LogP contribution >= 0.6 is 0 Å². The summed E-state index contributed by atoms with van der Waals surface area (Å²) in [6, 6.07) is 11.6. The fourth-order valence-corrected chi connectivity index (χ4v) is 3.27. The minimum Gasteiger partial charge on any atom is -0.320 e. The Kier molecular flexibility index (Phi) is 3.93. The van der Waals surface area contributed by atoms with Gasteiger partial charge in [-0.1, -0.05) is 37.3 Å². The fourth-order valence-electron chi connectivity index (χ4n) is 3.27. The minimum absolute atomic E-state index is 0.0915. The van der Waals surface area contributed by atoms with Crippen molar-refractivity contribution in [1.82, 2.24) is 4.57 Å². The van der Waals surface area contributed by atoms with E-state index in [1.54, 1.807) is 0 Å². The van der Waals surface area contributed by atoms with E-state index < -0.39 is 0 Å². The summed E-state index contributed by atoms with van der Waals surface area (Å²) in [6.45, 7) is 2.90. The van der Waals surface area contributed by atoms with Crippen LogP contribution in [0.1, 0.15) is 48.2 Å². The number of pyridine rings is 1. The summed E-state index contributed by atoms with van der Waals surface area (Å²) in [7, 11) is 0. The van der Waals surface area contributed by atoms with Crippen molar-refractivity contribution in [2.45, 2.75) is 45.2 Å². The Hall–Kier alpha value is -1.87. The van der Waals surface area contributed by atoms with E-state index in [1.165, 1.54) is 11.3 Å². The van der Waals surface area contributed by atoms with E-state index in [0.29, 0.717) is 0 Å². The Balaban J connectivity index is 2.11. The summed E-state index contributed by atoms with van der Waals surface area (Å²) in [5, 5.41) is 0. The summed E-state index contributed by atoms with van der Waals surface area (Å²) >= 11 is 0. The number of fused-ring (bicyclic) bond motifs is 1. The van der Waals surface area contributed by atoms with E-state index in [0.717, 1.165) is 43.4 Å². The third kappa shape index (κ3) is 2.54. The maximum atomic E-state index is 12.8. The second kappa shape index (κ2) is 5.86.